The summed E-state index contributed by atoms with van der Waals surface area (Å²) in [7, 11) is 0. The van der Waals surface area contributed by atoms with Gasteiger partial charge in [-0.1, -0.05) is 34.4 Å². The summed E-state index contributed by atoms with van der Waals surface area (Å²) < 4.78 is 13.2. The quantitative estimate of drug-likeness (QED) is 0.224. The number of halogens is 2. The molecule has 0 atom stereocenters. The Hall–Kier alpha value is -2.45. The van der Waals surface area contributed by atoms with Crippen LogP contribution in [0.1, 0.15) is 84.0 Å². The third kappa shape index (κ3) is 4.48. The molecule has 2 aromatic heterocycles. The van der Waals surface area contributed by atoms with Crippen LogP contribution >= 0.6 is 34.5 Å². The fraction of sp³-hybridized carbons (Fsp3) is 0.433. The molecule has 8 rings (SSSR count). The number of carboxylic acids is 1. The highest BCUT2D eigenvalue weighted by Crippen LogP contribution is 2.59. The van der Waals surface area contributed by atoms with Gasteiger partial charge in [-0.05, 0) is 87.1 Å². The summed E-state index contributed by atoms with van der Waals surface area (Å²) in [5.74, 6) is 0.406. The summed E-state index contributed by atoms with van der Waals surface area (Å²) in [6.45, 7) is 1.14. The van der Waals surface area contributed by atoms with Gasteiger partial charge >= 0.3 is 5.97 Å². The Morgan fingerprint density at radius 1 is 1.08 bits per heavy atom. The van der Waals surface area contributed by atoms with E-state index < -0.39 is 5.97 Å². The van der Waals surface area contributed by atoms with Crippen LogP contribution in [0.25, 0.3) is 21.5 Å². The Bertz CT molecular complexity index is 1550. The first-order valence-electron chi connectivity index (χ1n) is 13.5. The number of fused-ring (bicyclic) bond motifs is 4. The largest absolute Gasteiger partial charge is 0.478 e. The molecule has 4 aromatic rings. The average Bonchev–Trinajstić information content (AvgIpc) is 3.55. The predicted molar refractivity (Wildman–Crippen MR) is 152 cm³/mol. The Morgan fingerprint density at radius 2 is 1.79 bits per heavy atom. The Labute approximate surface area is 240 Å². The lowest BCUT2D eigenvalue weighted by atomic mass is 9.54. The van der Waals surface area contributed by atoms with Crippen molar-refractivity contribution in [3.63, 3.8) is 0 Å². The van der Waals surface area contributed by atoms with Crippen LogP contribution in [0.5, 0.6) is 0 Å². The number of hydrogen-bond acceptors (Lipinski definition) is 6. The average molecular weight is 584 g/mol. The van der Waals surface area contributed by atoms with Gasteiger partial charge in [0.05, 0.1) is 44.0 Å². The van der Waals surface area contributed by atoms with Gasteiger partial charge in [-0.25, -0.2) is 9.78 Å². The summed E-state index contributed by atoms with van der Waals surface area (Å²) in [5, 5.41) is 16.0. The molecule has 2 aromatic carbocycles. The minimum absolute atomic E-state index is 0.0937. The number of aromatic nitrogens is 2. The van der Waals surface area contributed by atoms with E-state index in [-0.39, 0.29) is 10.8 Å². The summed E-state index contributed by atoms with van der Waals surface area (Å²) >= 11 is 14.7. The van der Waals surface area contributed by atoms with Gasteiger partial charge in [0, 0.05) is 22.5 Å². The van der Waals surface area contributed by atoms with Crippen molar-refractivity contribution in [1.82, 2.24) is 10.1 Å². The number of nitrogens with zero attached hydrogens (tertiary/aromatic N) is 2. The second-order valence-corrected chi connectivity index (χ2v) is 13.4. The molecule has 0 saturated heterocycles. The van der Waals surface area contributed by atoms with Crippen molar-refractivity contribution >= 4 is 50.7 Å². The third-order valence-corrected chi connectivity index (χ3v) is 11.0. The van der Waals surface area contributed by atoms with Crippen molar-refractivity contribution in [1.29, 1.82) is 0 Å². The predicted octanol–water partition coefficient (Wildman–Crippen LogP) is 8.64. The lowest BCUT2D eigenvalue weighted by Crippen LogP contribution is -2.46. The Balaban J connectivity index is 1.06. The minimum atomic E-state index is -0.900. The highest BCUT2D eigenvalue weighted by atomic mass is 35.5. The zero-order chi connectivity index (χ0) is 26.8. The molecule has 202 valence electrons. The van der Waals surface area contributed by atoms with Crippen LogP contribution < -0.4 is 0 Å². The van der Waals surface area contributed by atoms with E-state index in [1.807, 2.05) is 24.3 Å². The summed E-state index contributed by atoms with van der Waals surface area (Å²) in [6.07, 6.45) is 8.78. The first-order chi connectivity index (χ1) is 18.9. The van der Waals surface area contributed by atoms with E-state index in [2.05, 4.69) is 5.16 Å². The maximum Gasteiger partial charge on any atom is 0.335 e. The number of ether oxygens (including phenoxy) is 1. The molecule has 4 saturated carbocycles. The van der Waals surface area contributed by atoms with Crippen molar-refractivity contribution in [2.45, 2.75) is 69.3 Å². The molecule has 4 aliphatic rings. The Morgan fingerprint density at radius 3 is 2.46 bits per heavy atom. The fourth-order valence-electron chi connectivity index (χ4n) is 6.50. The van der Waals surface area contributed by atoms with Crippen LogP contribution in [-0.2, 0) is 16.8 Å². The van der Waals surface area contributed by atoms with E-state index in [4.69, 9.17) is 37.4 Å². The van der Waals surface area contributed by atoms with Gasteiger partial charge in [-0.15, -0.1) is 11.3 Å². The molecule has 6 nitrogen and oxygen atoms in total. The molecule has 0 spiro atoms. The first-order valence-corrected chi connectivity index (χ1v) is 15.1. The second kappa shape index (κ2) is 9.58. The normalized spacial score (nSPS) is 24.5. The van der Waals surface area contributed by atoms with E-state index >= 15 is 0 Å². The molecule has 4 aliphatic carbocycles. The van der Waals surface area contributed by atoms with Crippen molar-refractivity contribution in [2.75, 3.05) is 6.61 Å². The maximum atomic E-state index is 11.4. The van der Waals surface area contributed by atoms with Crippen LogP contribution in [0.3, 0.4) is 0 Å². The standard InChI is InChI=1S/C30H28Cl2N2O4S/c31-20-2-1-3-21(32)24(20)25-19(26(38-34-25)17-4-5-17)15-37-16-29-8-11-30(12-9-29,13-10-29)28-33-22-7-6-18(27(35)36)14-23(22)39-28/h1-3,6-7,14,17H,4-5,8-13,15-16H2,(H,35,36). The lowest BCUT2D eigenvalue weighted by Gasteiger charge is -2.52. The number of carboxylic acid groups (broad SMARTS) is 1. The third-order valence-electron chi connectivity index (χ3n) is 9.11. The number of aromatic carboxylic acids is 1. The van der Waals surface area contributed by atoms with E-state index in [9.17, 15) is 9.90 Å². The van der Waals surface area contributed by atoms with Gasteiger partial charge < -0.3 is 14.4 Å². The van der Waals surface area contributed by atoms with Crippen molar-refractivity contribution in [3.05, 3.63) is 68.3 Å². The van der Waals surface area contributed by atoms with Gasteiger partial charge in [0.1, 0.15) is 11.5 Å². The number of carbonyl (C=O) groups is 1. The zero-order valence-corrected chi connectivity index (χ0v) is 23.7. The molecule has 0 unspecified atom stereocenters. The number of benzene rings is 2. The van der Waals surface area contributed by atoms with Gasteiger partial charge in [0.2, 0.25) is 0 Å². The second-order valence-electron chi connectivity index (χ2n) is 11.5. The molecular formula is C30H28Cl2N2O4S. The summed E-state index contributed by atoms with van der Waals surface area (Å²) in [5.41, 5.74) is 3.86. The molecule has 1 N–H and O–H groups in total. The molecule has 0 radical (unpaired) electrons. The molecule has 0 aliphatic heterocycles. The molecule has 4 fully saturated rings. The summed E-state index contributed by atoms with van der Waals surface area (Å²) in [6, 6.07) is 10.7. The molecule has 2 bridgehead atoms. The smallest absolute Gasteiger partial charge is 0.335 e. The van der Waals surface area contributed by atoms with Crippen LogP contribution in [0, 0.1) is 5.41 Å². The lowest BCUT2D eigenvalue weighted by molar-refractivity contribution is -0.0433. The molecule has 9 heteroatoms. The van der Waals surface area contributed by atoms with Crippen LogP contribution in [0.15, 0.2) is 40.9 Å². The highest BCUT2D eigenvalue weighted by molar-refractivity contribution is 7.18. The topological polar surface area (TPSA) is 85.5 Å². The highest BCUT2D eigenvalue weighted by Gasteiger charge is 2.51. The van der Waals surface area contributed by atoms with Crippen molar-refractivity contribution in [3.8, 4) is 11.3 Å². The van der Waals surface area contributed by atoms with E-state index in [0.29, 0.717) is 46.0 Å². The van der Waals surface area contributed by atoms with Crippen molar-refractivity contribution < 1.29 is 19.2 Å². The van der Waals surface area contributed by atoms with Gasteiger partial charge in [-0.3, -0.25) is 0 Å². The van der Waals surface area contributed by atoms with Gasteiger partial charge in [0.25, 0.3) is 0 Å². The van der Waals surface area contributed by atoms with E-state index in [1.54, 1.807) is 23.5 Å². The van der Waals surface area contributed by atoms with Crippen LogP contribution in [0.4, 0.5) is 0 Å². The van der Waals surface area contributed by atoms with Crippen LogP contribution in [0.2, 0.25) is 10.0 Å². The SMILES string of the molecule is O=C(O)c1ccc2nc(C34CCC(COCc5c(-c6c(Cl)cccc6Cl)noc5C5CC5)(CC3)CC4)sc2c1. The number of hydrogen-bond donors (Lipinski definition) is 1. The van der Waals surface area contributed by atoms with Crippen molar-refractivity contribution in [2.24, 2.45) is 5.41 Å². The fourth-order valence-corrected chi connectivity index (χ4v) is 8.36. The zero-order valence-electron chi connectivity index (χ0n) is 21.3. The molecule has 2 heterocycles. The number of rotatable bonds is 8. The monoisotopic (exact) mass is 582 g/mol. The van der Waals surface area contributed by atoms with Gasteiger partial charge in [0.15, 0.2) is 0 Å². The minimum Gasteiger partial charge on any atom is -0.478 e. The molecular weight excluding hydrogens is 555 g/mol. The Kier molecular flexibility index (Phi) is 6.27. The van der Waals surface area contributed by atoms with Crippen LogP contribution in [-0.4, -0.2) is 27.8 Å². The molecule has 0 amide bonds. The van der Waals surface area contributed by atoms with E-state index in [1.165, 1.54) is 0 Å². The number of thiazole rings is 1. The van der Waals surface area contributed by atoms with E-state index in [0.717, 1.165) is 77.9 Å². The maximum absolute atomic E-state index is 11.4. The first kappa shape index (κ1) is 25.5. The summed E-state index contributed by atoms with van der Waals surface area (Å²) in [4.78, 5) is 16.4. The van der Waals surface area contributed by atoms with Gasteiger partial charge in [-0.2, -0.15) is 0 Å². The molecule has 39 heavy (non-hydrogen) atoms.